The van der Waals surface area contributed by atoms with Gasteiger partial charge in [-0.15, -0.1) is 0 Å². The van der Waals surface area contributed by atoms with E-state index in [1.807, 2.05) is 6.07 Å². The molecule has 14 heavy (non-hydrogen) atoms. The third-order valence-electron chi connectivity index (χ3n) is 2.28. The highest BCUT2D eigenvalue weighted by atomic mass is 16.4. The molecule has 4 heteroatoms. The molecule has 1 unspecified atom stereocenters. The number of carbonyl (C=O) groups is 1. The van der Waals surface area contributed by atoms with Gasteiger partial charge in [-0.25, -0.2) is 0 Å². The molecule has 1 rings (SSSR count). The van der Waals surface area contributed by atoms with E-state index in [1.165, 1.54) is 0 Å². The van der Waals surface area contributed by atoms with Crippen LogP contribution in [0, 0.1) is 0 Å². The molecule has 0 amide bonds. The first kappa shape index (κ1) is 10.7. The summed E-state index contributed by atoms with van der Waals surface area (Å²) >= 11 is 0. The Morgan fingerprint density at radius 2 is 2.36 bits per heavy atom. The molecule has 0 aromatic carbocycles. The monoisotopic (exact) mass is 194 g/mol. The molecule has 0 saturated heterocycles. The fraction of sp³-hybridized carbons (Fsp3) is 0.400. The van der Waals surface area contributed by atoms with Gasteiger partial charge in [0.15, 0.2) is 0 Å². The predicted octanol–water partition coefficient (Wildman–Crippen LogP) is 0.816. The second kappa shape index (κ2) is 4.19. The van der Waals surface area contributed by atoms with Crippen molar-refractivity contribution in [2.45, 2.75) is 25.3 Å². The van der Waals surface area contributed by atoms with Gasteiger partial charge in [0, 0.05) is 18.3 Å². The van der Waals surface area contributed by atoms with E-state index >= 15 is 0 Å². The Balaban J connectivity index is 2.81. The Labute approximate surface area is 82.8 Å². The normalized spacial score (nSPS) is 14.7. The molecule has 0 saturated carbocycles. The van der Waals surface area contributed by atoms with Crippen molar-refractivity contribution >= 4 is 5.97 Å². The molecule has 1 aromatic rings. The number of pyridine rings is 1. The van der Waals surface area contributed by atoms with Crippen molar-refractivity contribution in [3.63, 3.8) is 0 Å². The lowest BCUT2D eigenvalue weighted by atomic mass is 9.91. The SMILES string of the molecule is CCC(N)(Cc1ccccn1)C(=O)O. The van der Waals surface area contributed by atoms with Crippen molar-refractivity contribution in [3.8, 4) is 0 Å². The van der Waals surface area contributed by atoms with Gasteiger partial charge in [-0.05, 0) is 18.6 Å². The largest absolute Gasteiger partial charge is 0.480 e. The number of nitrogens with two attached hydrogens (primary N) is 1. The minimum absolute atomic E-state index is 0.264. The summed E-state index contributed by atoms with van der Waals surface area (Å²) in [7, 11) is 0. The Bertz CT molecular complexity index is 313. The second-order valence-corrected chi connectivity index (χ2v) is 3.31. The summed E-state index contributed by atoms with van der Waals surface area (Å²) in [6, 6.07) is 5.38. The third kappa shape index (κ3) is 2.29. The molecule has 1 aromatic heterocycles. The first-order chi connectivity index (χ1) is 6.58. The first-order valence-electron chi connectivity index (χ1n) is 4.50. The molecule has 3 N–H and O–H groups in total. The molecule has 4 nitrogen and oxygen atoms in total. The maximum absolute atomic E-state index is 10.9. The van der Waals surface area contributed by atoms with E-state index in [0.29, 0.717) is 12.1 Å². The van der Waals surface area contributed by atoms with Gasteiger partial charge >= 0.3 is 5.97 Å². The Morgan fingerprint density at radius 3 is 2.79 bits per heavy atom. The van der Waals surface area contributed by atoms with Crippen LogP contribution in [0.15, 0.2) is 24.4 Å². The minimum atomic E-state index is -1.20. The van der Waals surface area contributed by atoms with Crippen LogP contribution in [-0.2, 0) is 11.2 Å². The highest BCUT2D eigenvalue weighted by molar-refractivity contribution is 5.78. The molecule has 76 valence electrons. The van der Waals surface area contributed by atoms with E-state index in [9.17, 15) is 4.79 Å². The van der Waals surface area contributed by atoms with E-state index in [4.69, 9.17) is 10.8 Å². The van der Waals surface area contributed by atoms with Gasteiger partial charge in [-0.1, -0.05) is 13.0 Å². The van der Waals surface area contributed by atoms with Gasteiger partial charge in [0.2, 0.25) is 0 Å². The molecule has 1 heterocycles. The zero-order valence-electron chi connectivity index (χ0n) is 8.10. The van der Waals surface area contributed by atoms with Crippen molar-refractivity contribution in [1.29, 1.82) is 0 Å². The number of hydrogen-bond acceptors (Lipinski definition) is 3. The lowest BCUT2D eigenvalue weighted by Crippen LogP contribution is -2.49. The quantitative estimate of drug-likeness (QED) is 0.743. The zero-order valence-corrected chi connectivity index (χ0v) is 8.10. The van der Waals surface area contributed by atoms with E-state index in [0.717, 1.165) is 0 Å². The van der Waals surface area contributed by atoms with Crippen LogP contribution in [0.5, 0.6) is 0 Å². The summed E-state index contributed by atoms with van der Waals surface area (Å²) in [5.74, 6) is -0.981. The molecule has 0 spiro atoms. The topological polar surface area (TPSA) is 76.2 Å². The molecular weight excluding hydrogens is 180 g/mol. The number of aromatic nitrogens is 1. The van der Waals surface area contributed by atoms with E-state index in [2.05, 4.69) is 4.98 Å². The van der Waals surface area contributed by atoms with Gasteiger partial charge in [-0.2, -0.15) is 0 Å². The summed E-state index contributed by atoms with van der Waals surface area (Å²) in [4.78, 5) is 15.0. The highest BCUT2D eigenvalue weighted by Crippen LogP contribution is 2.13. The van der Waals surface area contributed by atoms with Crippen LogP contribution in [0.25, 0.3) is 0 Å². The van der Waals surface area contributed by atoms with Gasteiger partial charge in [0.1, 0.15) is 5.54 Å². The first-order valence-corrected chi connectivity index (χ1v) is 4.50. The number of nitrogens with zero attached hydrogens (tertiary/aromatic N) is 1. The molecule has 0 aliphatic heterocycles. The lowest BCUT2D eigenvalue weighted by molar-refractivity contribution is -0.143. The Kier molecular flexibility index (Phi) is 3.19. The van der Waals surface area contributed by atoms with Gasteiger partial charge in [0.25, 0.3) is 0 Å². The highest BCUT2D eigenvalue weighted by Gasteiger charge is 2.32. The van der Waals surface area contributed by atoms with E-state index < -0.39 is 11.5 Å². The van der Waals surface area contributed by atoms with Crippen LogP contribution in [-0.4, -0.2) is 21.6 Å². The second-order valence-electron chi connectivity index (χ2n) is 3.31. The number of carboxylic acids is 1. The number of aliphatic carboxylic acids is 1. The molecule has 0 aliphatic rings. The summed E-state index contributed by atoms with van der Waals surface area (Å²) in [5.41, 5.74) is 5.24. The van der Waals surface area contributed by atoms with Crippen molar-refractivity contribution in [2.24, 2.45) is 5.73 Å². The van der Waals surface area contributed by atoms with Crippen LogP contribution in [0.3, 0.4) is 0 Å². The van der Waals surface area contributed by atoms with Crippen molar-refractivity contribution in [1.82, 2.24) is 4.98 Å². The zero-order chi connectivity index (χ0) is 10.6. The van der Waals surface area contributed by atoms with E-state index in [-0.39, 0.29) is 6.42 Å². The molecule has 0 fully saturated rings. The van der Waals surface area contributed by atoms with Crippen LogP contribution in [0.1, 0.15) is 19.0 Å². The maximum atomic E-state index is 10.9. The Morgan fingerprint density at radius 1 is 1.64 bits per heavy atom. The molecule has 1 atom stereocenters. The number of carboxylic acid groups (broad SMARTS) is 1. The minimum Gasteiger partial charge on any atom is -0.480 e. The van der Waals surface area contributed by atoms with Crippen LogP contribution >= 0.6 is 0 Å². The fourth-order valence-corrected chi connectivity index (χ4v) is 1.18. The molecular formula is C10H14N2O2. The van der Waals surface area contributed by atoms with Crippen molar-refractivity contribution < 1.29 is 9.90 Å². The van der Waals surface area contributed by atoms with Gasteiger partial charge < -0.3 is 10.8 Å². The van der Waals surface area contributed by atoms with Gasteiger partial charge in [0.05, 0.1) is 0 Å². The van der Waals surface area contributed by atoms with Crippen molar-refractivity contribution in [2.75, 3.05) is 0 Å². The number of rotatable bonds is 4. The predicted molar refractivity (Wildman–Crippen MR) is 52.8 cm³/mol. The van der Waals surface area contributed by atoms with Crippen LogP contribution in [0.2, 0.25) is 0 Å². The van der Waals surface area contributed by atoms with Crippen LogP contribution in [0.4, 0.5) is 0 Å². The van der Waals surface area contributed by atoms with Crippen LogP contribution < -0.4 is 5.73 Å². The fourth-order valence-electron chi connectivity index (χ4n) is 1.18. The van der Waals surface area contributed by atoms with Gasteiger partial charge in [-0.3, -0.25) is 9.78 Å². The summed E-state index contributed by atoms with van der Waals surface area (Å²) in [6.45, 7) is 1.76. The average molecular weight is 194 g/mol. The lowest BCUT2D eigenvalue weighted by Gasteiger charge is -2.22. The summed E-state index contributed by atoms with van der Waals surface area (Å²) in [6.07, 6.45) is 2.28. The third-order valence-corrected chi connectivity index (χ3v) is 2.28. The standard InChI is InChI=1S/C10H14N2O2/c1-2-10(11,9(13)14)7-8-5-3-4-6-12-8/h3-6H,2,7,11H2,1H3,(H,13,14). The molecule has 0 bridgehead atoms. The maximum Gasteiger partial charge on any atom is 0.324 e. The Hall–Kier alpha value is -1.42. The number of hydrogen-bond donors (Lipinski definition) is 2. The van der Waals surface area contributed by atoms with E-state index in [1.54, 1.807) is 25.3 Å². The summed E-state index contributed by atoms with van der Waals surface area (Å²) in [5, 5.41) is 8.94. The summed E-state index contributed by atoms with van der Waals surface area (Å²) < 4.78 is 0. The smallest absolute Gasteiger partial charge is 0.324 e. The molecule has 0 aliphatic carbocycles. The molecule has 0 radical (unpaired) electrons. The van der Waals surface area contributed by atoms with Crippen molar-refractivity contribution in [3.05, 3.63) is 30.1 Å². The average Bonchev–Trinajstić information content (AvgIpc) is 2.19.